The molecule has 0 unspecified atom stereocenters. The zero-order chi connectivity index (χ0) is 28.1. The molecule has 2 aromatic carbocycles. The smallest absolute Gasteiger partial charge is 0.408 e. The van der Waals surface area contributed by atoms with Crippen LogP contribution in [0.5, 0.6) is 0 Å². The number of nitrogens with zero attached hydrogens (tertiary/aromatic N) is 1. The number of nitrogens with one attached hydrogen (secondary N) is 2. The van der Waals surface area contributed by atoms with Crippen LogP contribution in [0.15, 0.2) is 85.2 Å². The van der Waals surface area contributed by atoms with Crippen molar-refractivity contribution in [3.05, 3.63) is 102 Å². The summed E-state index contributed by atoms with van der Waals surface area (Å²) in [6, 6.07) is 21.2. The predicted octanol–water partition coefficient (Wildman–Crippen LogP) is 5.14. The summed E-state index contributed by atoms with van der Waals surface area (Å²) in [5.74, 6) is -0.186. The van der Waals surface area contributed by atoms with Gasteiger partial charge in [0, 0.05) is 29.1 Å². The van der Waals surface area contributed by atoms with Gasteiger partial charge in [-0.25, -0.2) is 4.79 Å². The van der Waals surface area contributed by atoms with Crippen LogP contribution in [0.2, 0.25) is 0 Å². The molecule has 0 bridgehead atoms. The van der Waals surface area contributed by atoms with E-state index in [-0.39, 0.29) is 29.3 Å². The highest BCUT2D eigenvalue weighted by molar-refractivity contribution is 8.01. The number of carbonyl (C=O) groups excluding carboxylic acids is 3. The van der Waals surface area contributed by atoms with Gasteiger partial charge < -0.3 is 15.4 Å². The number of benzene rings is 2. The van der Waals surface area contributed by atoms with Gasteiger partial charge in [0.25, 0.3) is 0 Å². The van der Waals surface area contributed by atoms with E-state index in [1.54, 1.807) is 36.3 Å². The fraction of sp³-hybridized carbons (Fsp3) is 0.355. The number of carbonyl (C=O) groups is 3. The van der Waals surface area contributed by atoms with Crippen molar-refractivity contribution in [3.63, 3.8) is 0 Å². The Hall–Kier alpha value is -3.65. The lowest BCUT2D eigenvalue weighted by Crippen LogP contribution is -2.53. The lowest BCUT2D eigenvalue weighted by Gasteiger charge is -2.24. The van der Waals surface area contributed by atoms with E-state index in [1.165, 1.54) is 0 Å². The molecular weight excluding hydrogens is 510 g/mol. The Morgan fingerprint density at radius 1 is 0.846 bits per heavy atom. The predicted molar refractivity (Wildman–Crippen MR) is 155 cm³/mol. The summed E-state index contributed by atoms with van der Waals surface area (Å²) >= 11 is 1.55. The second-order valence-electron chi connectivity index (χ2n) is 10.3. The molecular formula is C31H37N3O4S. The fourth-order valence-corrected chi connectivity index (χ4v) is 4.58. The first-order valence-corrected chi connectivity index (χ1v) is 14.1. The van der Waals surface area contributed by atoms with E-state index in [0.717, 1.165) is 16.7 Å². The number of thioether (sulfide) groups is 1. The van der Waals surface area contributed by atoms with Gasteiger partial charge in [-0.1, -0.05) is 87.5 Å². The number of hydrogen-bond donors (Lipinski definition) is 2. The van der Waals surface area contributed by atoms with Crippen molar-refractivity contribution in [1.29, 1.82) is 0 Å². The Kier molecular flexibility index (Phi) is 11.6. The van der Waals surface area contributed by atoms with E-state index in [0.29, 0.717) is 12.8 Å². The normalized spacial score (nSPS) is 12.7. The van der Waals surface area contributed by atoms with Gasteiger partial charge in [-0.2, -0.15) is 0 Å². The molecule has 7 nitrogen and oxygen atoms in total. The minimum atomic E-state index is -0.920. The van der Waals surface area contributed by atoms with E-state index < -0.39 is 24.1 Å². The molecule has 2 N–H and O–H groups in total. The first-order valence-electron chi connectivity index (χ1n) is 13.1. The Balaban J connectivity index is 1.71. The van der Waals surface area contributed by atoms with Crippen molar-refractivity contribution >= 4 is 29.5 Å². The van der Waals surface area contributed by atoms with Crippen LogP contribution < -0.4 is 10.6 Å². The zero-order valence-electron chi connectivity index (χ0n) is 22.8. The molecule has 0 saturated heterocycles. The van der Waals surface area contributed by atoms with Gasteiger partial charge in [0.15, 0.2) is 5.78 Å². The second kappa shape index (κ2) is 15.1. The van der Waals surface area contributed by atoms with Crippen LogP contribution in [-0.2, 0) is 33.8 Å². The van der Waals surface area contributed by atoms with Gasteiger partial charge in [0.2, 0.25) is 5.91 Å². The number of Topliss-reactive ketones (excluding diaryl/α,β-unsaturated/α-hetero) is 1. The summed E-state index contributed by atoms with van der Waals surface area (Å²) in [6.45, 7) is 6.19. The van der Waals surface area contributed by atoms with Crippen LogP contribution >= 0.6 is 11.8 Å². The third-order valence-corrected chi connectivity index (χ3v) is 7.20. The minimum Gasteiger partial charge on any atom is -0.445 e. The molecule has 0 aliphatic heterocycles. The van der Waals surface area contributed by atoms with Crippen molar-refractivity contribution < 1.29 is 19.1 Å². The molecule has 0 aliphatic carbocycles. The molecule has 3 aromatic rings. The van der Waals surface area contributed by atoms with Crippen LogP contribution in [0.3, 0.4) is 0 Å². The molecule has 0 fully saturated rings. The number of alkyl carbamates (subject to hydrolysis) is 1. The van der Waals surface area contributed by atoms with E-state index in [9.17, 15) is 14.4 Å². The highest BCUT2D eigenvalue weighted by atomic mass is 32.2. The van der Waals surface area contributed by atoms with Gasteiger partial charge in [-0.3, -0.25) is 14.6 Å². The number of aromatic nitrogens is 1. The molecule has 0 saturated carbocycles. The van der Waals surface area contributed by atoms with Crippen molar-refractivity contribution in [2.45, 2.75) is 63.5 Å². The summed E-state index contributed by atoms with van der Waals surface area (Å²) < 4.78 is 5.26. The van der Waals surface area contributed by atoms with E-state index in [1.807, 2.05) is 60.7 Å². The van der Waals surface area contributed by atoms with Gasteiger partial charge >= 0.3 is 6.09 Å². The lowest BCUT2D eigenvalue weighted by atomic mass is 10.0. The second-order valence-corrected chi connectivity index (χ2v) is 12.1. The first-order chi connectivity index (χ1) is 18.7. The molecule has 1 aromatic heterocycles. The maximum Gasteiger partial charge on any atom is 0.408 e. The summed E-state index contributed by atoms with van der Waals surface area (Å²) in [5.41, 5.74) is 2.70. The Labute approximate surface area is 235 Å². The Morgan fingerprint density at radius 2 is 1.49 bits per heavy atom. The Bertz CT molecular complexity index is 1180. The molecule has 0 aliphatic rings. The number of hydrogen-bond acceptors (Lipinski definition) is 6. The third-order valence-electron chi connectivity index (χ3n) is 5.90. The topological polar surface area (TPSA) is 97.4 Å². The van der Waals surface area contributed by atoms with Crippen molar-refractivity contribution in [3.8, 4) is 0 Å². The van der Waals surface area contributed by atoms with Crippen LogP contribution in [0, 0.1) is 0 Å². The first kappa shape index (κ1) is 29.9. The highest BCUT2D eigenvalue weighted by Crippen LogP contribution is 2.23. The number of aryl methyl sites for hydroxylation is 1. The highest BCUT2D eigenvalue weighted by Gasteiger charge is 2.28. The van der Waals surface area contributed by atoms with Gasteiger partial charge in [0.05, 0.1) is 11.8 Å². The van der Waals surface area contributed by atoms with Crippen LogP contribution in [0.25, 0.3) is 0 Å². The summed E-state index contributed by atoms with van der Waals surface area (Å²) in [4.78, 5) is 43.5. The van der Waals surface area contributed by atoms with Crippen molar-refractivity contribution in [1.82, 2.24) is 15.6 Å². The minimum absolute atomic E-state index is 0.0293. The number of rotatable bonds is 13. The van der Waals surface area contributed by atoms with Crippen LogP contribution in [0.1, 0.15) is 43.9 Å². The molecule has 8 heteroatoms. The maximum absolute atomic E-state index is 13.5. The third kappa shape index (κ3) is 11.3. The molecule has 3 rings (SSSR count). The fourth-order valence-electron chi connectivity index (χ4n) is 3.81. The van der Waals surface area contributed by atoms with E-state index in [4.69, 9.17) is 4.74 Å². The van der Waals surface area contributed by atoms with Gasteiger partial charge in [0.1, 0.15) is 12.6 Å². The molecule has 39 heavy (non-hydrogen) atoms. The van der Waals surface area contributed by atoms with E-state index in [2.05, 4.69) is 36.4 Å². The molecule has 2 amide bonds. The zero-order valence-corrected chi connectivity index (χ0v) is 23.6. The molecule has 2 atom stereocenters. The van der Waals surface area contributed by atoms with Crippen molar-refractivity contribution in [2.75, 3.05) is 5.75 Å². The van der Waals surface area contributed by atoms with Crippen molar-refractivity contribution in [2.24, 2.45) is 0 Å². The largest absolute Gasteiger partial charge is 0.445 e. The van der Waals surface area contributed by atoms with Crippen LogP contribution in [0.4, 0.5) is 4.79 Å². The molecule has 0 spiro atoms. The lowest BCUT2D eigenvalue weighted by molar-refractivity contribution is -0.128. The number of ether oxygens (including phenoxy) is 1. The van der Waals surface area contributed by atoms with E-state index >= 15 is 0 Å². The SMILES string of the molecule is CC(C)(C)SCC(=O)[C@H](CCc1ccccc1)NC(=O)[C@H](Cc1ccccc1)NC(=O)OCc1cccnc1. The molecule has 0 radical (unpaired) electrons. The summed E-state index contributed by atoms with van der Waals surface area (Å²) in [6.07, 6.45) is 3.89. The van der Waals surface area contributed by atoms with Crippen LogP contribution in [-0.4, -0.2) is 45.4 Å². The molecule has 1 heterocycles. The number of ketones is 1. The molecule has 206 valence electrons. The maximum atomic E-state index is 13.5. The monoisotopic (exact) mass is 547 g/mol. The number of amides is 2. The van der Waals surface area contributed by atoms with Gasteiger partial charge in [-0.05, 0) is 30.0 Å². The number of pyridine rings is 1. The quantitative estimate of drug-likeness (QED) is 0.308. The Morgan fingerprint density at radius 3 is 2.10 bits per heavy atom. The standard InChI is InChI=1S/C31H37N3O4S/c1-31(2,3)39-22-28(35)26(17-16-23-11-6-4-7-12-23)33-29(36)27(19-24-13-8-5-9-14-24)34-30(37)38-21-25-15-10-18-32-20-25/h4-15,18,20,26-27H,16-17,19,21-22H2,1-3H3,(H,33,36)(H,34,37)/t26-,27-/m0/s1. The van der Waals surface area contributed by atoms with Gasteiger partial charge in [-0.15, -0.1) is 11.8 Å². The summed E-state index contributed by atoms with van der Waals surface area (Å²) in [5, 5.41) is 5.64. The summed E-state index contributed by atoms with van der Waals surface area (Å²) in [7, 11) is 0. The average molecular weight is 548 g/mol. The average Bonchev–Trinajstić information content (AvgIpc) is 2.93.